The molecule has 5 nitrogen and oxygen atoms in total. The summed E-state index contributed by atoms with van der Waals surface area (Å²) in [5, 5.41) is 2.52. The van der Waals surface area contributed by atoms with E-state index in [-0.39, 0.29) is 11.5 Å². The molecule has 6 heteroatoms. The van der Waals surface area contributed by atoms with Crippen LogP contribution in [-0.4, -0.2) is 33.9 Å². The van der Waals surface area contributed by atoms with Crippen LogP contribution < -0.4 is 5.56 Å². The first-order chi connectivity index (χ1) is 15.2. The smallest absolute Gasteiger partial charge is 0.260 e. The van der Waals surface area contributed by atoms with Crippen molar-refractivity contribution in [3.8, 4) is 11.1 Å². The Morgan fingerprint density at radius 1 is 1.00 bits per heavy atom. The first-order valence-electron chi connectivity index (χ1n) is 10.3. The molecule has 154 valence electrons. The van der Waals surface area contributed by atoms with Crippen molar-refractivity contribution >= 4 is 39.1 Å². The number of amides is 1. The summed E-state index contributed by atoms with van der Waals surface area (Å²) in [6, 6.07) is 19.5. The highest BCUT2D eigenvalue weighted by molar-refractivity contribution is 7.17. The Labute approximate surface area is 183 Å². The molecule has 0 saturated carbocycles. The van der Waals surface area contributed by atoms with Crippen LogP contribution in [0.3, 0.4) is 0 Å². The molecule has 1 amide bonds. The molecule has 1 aliphatic rings. The van der Waals surface area contributed by atoms with Crippen molar-refractivity contribution in [1.82, 2.24) is 14.9 Å². The second kappa shape index (κ2) is 8.32. The lowest BCUT2D eigenvalue weighted by atomic mass is 10.1. The zero-order chi connectivity index (χ0) is 21.2. The fraction of sp³-hybridized carbons (Fsp3) is 0.160. The van der Waals surface area contributed by atoms with E-state index in [0.29, 0.717) is 21.6 Å². The minimum atomic E-state index is -0.228. The monoisotopic (exact) mass is 427 g/mol. The second-order valence-corrected chi connectivity index (χ2v) is 8.44. The van der Waals surface area contributed by atoms with Crippen molar-refractivity contribution < 1.29 is 4.79 Å². The first kappa shape index (κ1) is 19.5. The molecule has 0 spiro atoms. The summed E-state index contributed by atoms with van der Waals surface area (Å²) in [6.45, 7) is 1.46. The maximum atomic E-state index is 13.3. The Morgan fingerprint density at radius 2 is 1.68 bits per heavy atom. The van der Waals surface area contributed by atoms with Gasteiger partial charge >= 0.3 is 0 Å². The van der Waals surface area contributed by atoms with E-state index in [1.807, 2.05) is 77.0 Å². The van der Waals surface area contributed by atoms with E-state index in [4.69, 9.17) is 4.98 Å². The third-order valence-corrected chi connectivity index (χ3v) is 6.39. The summed E-state index contributed by atoms with van der Waals surface area (Å²) < 4.78 is 0. The molecule has 1 aliphatic heterocycles. The minimum Gasteiger partial charge on any atom is -0.339 e. The van der Waals surface area contributed by atoms with Crippen molar-refractivity contribution in [3.63, 3.8) is 0 Å². The van der Waals surface area contributed by atoms with Gasteiger partial charge < -0.3 is 9.88 Å². The average Bonchev–Trinajstić information content (AvgIpc) is 3.49. The number of carbonyl (C=O) groups is 1. The van der Waals surface area contributed by atoms with Gasteiger partial charge in [-0.05, 0) is 30.0 Å². The van der Waals surface area contributed by atoms with Crippen molar-refractivity contribution in [2.75, 3.05) is 13.1 Å². The van der Waals surface area contributed by atoms with Crippen LogP contribution in [0.2, 0.25) is 0 Å². The van der Waals surface area contributed by atoms with E-state index >= 15 is 0 Å². The predicted molar refractivity (Wildman–Crippen MR) is 126 cm³/mol. The van der Waals surface area contributed by atoms with Gasteiger partial charge in [0.05, 0.1) is 11.0 Å². The zero-order valence-corrected chi connectivity index (χ0v) is 17.7. The van der Waals surface area contributed by atoms with Crippen LogP contribution in [0.5, 0.6) is 0 Å². The molecule has 1 saturated heterocycles. The Bertz CT molecular complexity index is 1320. The van der Waals surface area contributed by atoms with Gasteiger partial charge in [-0.15, -0.1) is 11.3 Å². The van der Waals surface area contributed by atoms with Gasteiger partial charge in [0.25, 0.3) is 11.5 Å². The zero-order valence-electron chi connectivity index (χ0n) is 16.9. The van der Waals surface area contributed by atoms with E-state index in [9.17, 15) is 9.59 Å². The summed E-state index contributed by atoms with van der Waals surface area (Å²) in [5.41, 5.74) is 2.92. The summed E-state index contributed by atoms with van der Waals surface area (Å²) in [5.74, 6) is 0.225. The minimum absolute atomic E-state index is 0.0938. The number of nitrogens with one attached hydrogen (secondary N) is 1. The van der Waals surface area contributed by atoms with E-state index in [0.717, 1.165) is 42.6 Å². The highest BCUT2D eigenvalue weighted by Crippen LogP contribution is 2.31. The number of nitrogens with zero attached hydrogens (tertiary/aromatic N) is 2. The molecule has 3 heterocycles. The number of fused-ring (bicyclic) bond motifs is 1. The fourth-order valence-electron chi connectivity index (χ4n) is 3.94. The maximum absolute atomic E-state index is 13.3. The standard InChI is InChI=1S/C25H21N3O2S/c29-23-21-20(18-11-5-2-6-12-18)16-31-24(21)27-22(26-23)19(15-17-9-3-1-4-10-17)25(30)28-13-7-8-14-28/h1-6,9-12,15-16H,7-8,13-14H2,(H,26,27,29)/b19-15+. The van der Waals surface area contributed by atoms with Crippen LogP contribution in [0.25, 0.3) is 33.0 Å². The van der Waals surface area contributed by atoms with Crippen LogP contribution >= 0.6 is 11.3 Å². The van der Waals surface area contributed by atoms with E-state index in [1.165, 1.54) is 11.3 Å². The number of hydrogen-bond donors (Lipinski definition) is 1. The third kappa shape index (κ3) is 3.82. The number of thiophene rings is 1. The molecule has 0 aliphatic carbocycles. The number of benzene rings is 2. The molecular formula is C25H21N3O2S. The van der Waals surface area contributed by atoms with Crippen molar-refractivity contribution in [2.45, 2.75) is 12.8 Å². The Hall–Kier alpha value is -3.51. The van der Waals surface area contributed by atoms with Crippen molar-refractivity contribution in [3.05, 3.63) is 87.8 Å². The number of H-pyrrole nitrogens is 1. The molecular weight excluding hydrogens is 406 g/mol. The number of hydrogen-bond acceptors (Lipinski definition) is 4. The van der Waals surface area contributed by atoms with Crippen LogP contribution in [0.1, 0.15) is 24.2 Å². The van der Waals surface area contributed by atoms with Gasteiger partial charge in [-0.3, -0.25) is 9.59 Å². The Balaban J connectivity index is 1.64. The second-order valence-electron chi connectivity index (χ2n) is 7.58. The number of rotatable bonds is 4. The number of aromatic nitrogens is 2. The van der Waals surface area contributed by atoms with Crippen LogP contribution in [0.15, 0.2) is 70.8 Å². The molecule has 0 atom stereocenters. The number of likely N-dealkylation sites (tertiary alicyclic amines) is 1. The van der Waals surface area contributed by atoms with Crippen molar-refractivity contribution in [2.24, 2.45) is 0 Å². The lowest BCUT2D eigenvalue weighted by molar-refractivity contribution is -0.123. The molecule has 2 aromatic heterocycles. The predicted octanol–water partition coefficient (Wildman–Crippen LogP) is 4.81. The van der Waals surface area contributed by atoms with Gasteiger partial charge in [-0.25, -0.2) is 4.98 Å². The molecule has 4 aromatic rings. The Morgan fingerprint density at radius 3 is 2.39 bits per heavy atom. The quantitative estimate of drug-likeness (QED) is 0.475. The molecule has 0 bridgehead atoms. The number of carbonyl (C=O) groups excluding carboxylic acids is 1. The fourth-order valence-corrected chi connectivity index (χ4v) is 4.89. The summed E-state index contributed by atoms with van der Waals surface area (Å²) in [6.07, 6.45) is 3.81. The van der Waals surface area contributed by atoms with Crippen LogP contribution in [0, 0.1) is 0 Å². The molecule has 0 radical (unpaired) electrons. The largest absolute Gasteiger partial charge is 0.339 e. The first-order valence-corrected chi connectivity index (χ1v) is 11.2. The lowest BCUT2D eigenvalue weighted by Crippen LogP contribution is -2.29. The average molecular weight is 428 g/mol. The third-order valence-electron chi connectivity index (χ3n) is 5.52. The van der Waals surface area contributed by atoms with Gasteiger partial charge in [-0.1, -0.05) is 60.7 Å². The van der Waals surface area contributed by atoms with Gasteiger partial charge in [0, 0.05) is 24.0 Å². The van der Waals surface area contributed by atoms with Crippen molar-refractivity contribution in [1.29, 1.82) is 0 Å². The highest BCUT2D eigenvalue weighted by atomic mass is 32.1. The topological polar surface area (TPSA) is 66.1 Å². The van der Waals surface area contributed by atoms with E-state index in [1.54, 1.807) is 0 Å². The summed E-state index contributed by atoms with van der Waals surface area (Å²) in [7, 11) is 0. The molecule has 2 aromatic carbocycles. The molecule has 1 fully saturated rings. The normalized spacial score (nSPS) is 14.3. The van der Waals surface area contributed by atoms with Crippen LogP contribution in [-0.2, 0) is 4.79 Å². The number of aromatic amines is 1. The van der Waals surface area contributed by atoms with Gasteiger partial charge in [0.2, 0.25) is 0 Å². The molecule has 31 heavy (non-hydrogen) atoms. The molecule has 1 N–H and O–H groups in total. The van der Waals surface area contributed by atoms with Gasteiger partial charge in [-0.2, -0.15) is 0 Å². The SMILES string of the molecule is O=C(/C(=C/c1ccccc1)c1nc2scc(-c3ccccc3)c2c(=O)[nH]1)N1CCCC1. The summed E-state index contributed by atoms with van der Waals surface area (Å²) in [4.78, 5) is 36.5. The van der Waals surface area contributed by atoms with E-state index < -0.39 is 0 Å². The molecule has 5 rings (SSSR count). The van der Waals surface area contributed by atoms with Crippen LogP contribution in [0.4, 0.5) is 0 Å². The Kier molecular flexibility index (Phi) is 5.22. The van der Waals surface area contributed by atoms with Gasteiger partial charge in [0.15, 0.2) is 0 Å². The molecule has 0 unspecified atom stereocenters. The van der Waals surface area contributed by atoms with Gasteiger partial charge in [0.1, 0.15) is 10.7 Å². The summed E-state index contributed by atoms with van der Waals surface area (Å²) >= 11 is 1.42. The highest BCUT2D eigenvalue weighted by Gasteiger charge is 2.25. The lowest BCUT2D eigenvalue weighted by Gasteiger charge is -2.17. The maximum Gasteiger partial charge on any atom is 0.260 e. The van der Waals surface area contributed by atoms with E-state index in [2.05, 4.69) is 4.98 Å².